The third-order valence-electron chi connectivity index (χ3n) is 4.84. The Morgan fingerprint density at radius 2 is 1.83 bits per heavy atom. The Bertz CT molecular complexity index is 751. The summed E-state index contributed by atoms with van der Waals surface area (Å²) in [6.07, 6.45) is 7.24. The Morgan fingerprint density at radius 1 is 1.07 bits per heavy atom. The molecule has 8 heteroatoms. The van der Waals surface area contributed by atoms with Crippen molar-refractivity contribution in [3.8, 4) is 11.5 Å². The fourth-order valence-electron chi connectivity index (χ4n) is 3.19. The summed E-state index contributed by atoms with van der Waals surface area (Å²) in [5.74, 6) is 1.09. The van der Waals surface area contributed by atoms with E-state index in [0.29, 0.717) is 44.1 Å². The number of sulfonamides is 1. The van der Waals surface area contributed by atoms with Crippen LogP contribution in [-0.2, 0) is 14.8 Å². The Balaban J connectivity index is 1.63. The molecule has 1 atom stereocenters. The first-order valence-corrected chi connectivity index (χ1v) is 12.1. The molecule has 2 rings (SSSR count). The van der Waals surface area contributed by atoms with Gasteiger partial charge in [-0.3, -0.25) is 4.79 Å². The summed E-state index contributed by atoms with van der Waals surface area (Å²) >= 11 is 0. The van der Waals surface area contributed by atoms with Crippen LogP contribution in [0.25, 0.3) is 0 Å². The Hall–Kier alpha value is -1.80. The van der Waals surface area contributed by atoms with Crippen molar-refractivity contribution in [1.29, 1.82) is 0 Å². The largest absolute Gasteiger partial charge is 0.486 e. The normalized spacial score (nSPS) is 14.4. The maximum absolute atomic E-state index is 12.4. The van der Waals surface area contributed by atoms with Crippen molar-refractivity contribution in [3.05, 3.63) is 18.2 Å². The molecule has 1 aromatic rings. The van der Waals surface area contributed by atoms with E-state index < -0.39 is 10.0 Å². The summed E-state index contributed by atoms with van der Waals surface area (Å²) in [7, 11) is -3.59. The zero-order chi connectivity index (χ0) is 21.1. The lowest BCUT2D eigenvalue weighted by atomic mass is 10.1. The van der Waals surface area contributed by atoms with Crippen LogP contribution >= 0.6 is 0 Å². The number of benzene rings is 1. The smallest absolute Gasteiger partial charge is 0.240 e. The number of ether oxygens (including phenoxy) is 2. The van der Waals surface area contributed by atoms with Gasteiger partial charge in [0.15, 0.2) is 11.5 Å². The average molecular weight is 427 g/mol. The van der Waals surface area contributed by atoms with Crippen molar-refractivity contribution in [2.45, 2.75) is 76.2 Å². The molecule has 1 aliphatic rings. The highest BCUT2D eigenvalue weighted by atomic mass is 32.2. The molecule has 29 heavy (non-hydrogen) atoms. The van der Waals surface area contributed by atoms with Gasteiger partial charge in [0.05, 0.1) is 4.90 Å². The Labute approximate surface area is 174 Å². The van der Waals surface area contributed by atoms with Gasteiger partial charge in [-0.25, -0.2) is 13.1 Å². The lowest BCUT2D eigenvalue weighted by Gasteiger charge is -2.18. The van der Waals surface area contributed by atoms with Crippen LogP contribution in [0.5, 0.6) is 11.5 Å². The minimum Gasteiger partial charge on any atom is -0.486 e. The second kappa shape index (κ2) is 12.0. The molecule has 1 amide bonds. The number of amides is 1. The molecule has 2 N–H and O–H groups in total. The second-order valence-corrected chi connectivity index (χ2v) is 9.25. The molecular weight excluding hydrogens is 392 g/mol. The summed E-state index contributed by atoms with van der Waals surface area (Å²) in [6.45, 7) is 5.42. The molecule has 0 bridgehead atoms. The zero-order valence-electron chi connectivity index (χ0n) is 17.5. The van der Waals surface area contributed by atoms with E-state index in [2.05, 4.69) is 17.0 Å². The monoisotopic (exact) mass is 426 g/mol. The van der Waals surface area contributed by atoms with E-state index in [-0.39, 0.29) is 16.8 Å². The Kier molecular flexibility index (Phi) is 9.73. The molecule has 1 aromatic carbocycles. The molecule has 1 heterocycles. The van der Waals surface area contributed by atoms with Crippen molar-refractivity contribution < 1.29 is 22.7 Å². The van der Waals surface area contributed by atoms with E-state index in [1.54, 1.807) is 6.07 Å². The molecule has 0 aromatic heterocycles. The van der Waals surface area contributed by atoms with Crippen LogP contribution in [0.2, 0.25) is 0 Å². The van der Waals surface area contributed by atoms with Crippen molar-refractivity contribution in [1.82, 2.24) is 10.0 Å². The van der Waals surface area contributed by atoms with Gasteiger partial charge in [0.1, 0.15) is 13.2 Å². The van der Waals surface area contributed by atoms with Crippen molar-refractivity contribution in [2.24, 2.45) is 0 Å². The first-order chi connectivity index (χ1) is 13.9. The number of unbranched alkanes of at least 4 members (excludes halogenated alkanes) is 4. The predicted octanol–water partition coefficient (Wildman–Crippen LogP) is 3.38. The summed E-state index contributed by atoms with van der Waals surface area (Å²) < 4.78 is 38.3. The van der Waals surface area contributed by atoms with E-state index in [4.69, 9.17) is 9.47 Å². The molecule has 0 saturated heterocycles. The van der Waals surface area contributed by atoms with E-state index in [0.717, 1.165) is 25.7 Å². The van der Waals surface area contributed by atoms with Gasteiger partial charge < -0.3 is 14.8 Å². The van der Waals surface area contributed by atoms with Gasteiger partial charge >= 0.3 is 0 Å². The van der Waals surface area contributed by atoms with Crippen molar-refractivity contribution in [3.63, 3.8) is 0 Å². The van der Waals surface area contributed by atoms with Gasteiger partial charge in [-0.2, -0.15) is 0 Å². The highest BCUT2D eigenvalue weighted by molar-refractivity contribution is 7.89. The van der Waals surface area contributed by atoms with Crippen molar-refractivity contribution >= 4 is 15.9 Å². The minimum atomic E-state index is -3.59. The lowest BCUT2D eigenvalue weighted by Crippen LogP contribution is -2.32. The summed E-state index contributed by atoms with van der Waals surface area (Å²) in [5, 5.41) is 3.03. The molecule has 164 valence electrons. The standard InChI is InChI=1S/C21H34N2O5S/c1-3-4-6-9-17(2)23-21(24)10-7-5-8-13-22-29(25,26)18-11-12-19-20(16-18)28-15-14-27-19/h11-12,16-17,22H,3-10,13-15H2,1-2H3,(H,23,24)/t17-/m0/s1. The van der Waals surface area contributed by atoms with Crippen LogP contribution in [0.15, 0.2) is 23.1 Å². The van der Waals surface area contributed by atoms with Crippen LogP contribution in [0, 0.1) is 0 Å². The lowest BCUT2D eigenvalue weighted by molar-refractivity contribution is -0.121. The molecule has 0 unspecified atom stereocenters. The molecular formula is C21H34N2O5S. The zero-order valence-corrected chi connectivity index (χ0v) is 18.4. The fraction of sp³-hybridized carbons (Fsp3) is 0.667. The third kappa shape index (κ3) is 8.22. The number of hydrogen-bond donors (Lipinski definition) is 2. The van der Waals surface area contributed by atoms with Gasteiger partial charge in [0.25, 0.3) is 0 Å². The molecule has 0 radical (unpaired) electrons. The Morgan fingerprint density at radius 3 is 2.59 bits per heavy atom. The first-order valence-electron chi connectivity index (χ1n) is 10.6. The van der Waals surface area contributed by atoms with Gasteiger partial charge in [-0.1, -0.05) is 32.6 Å². The van der Waals surface area contributed by atoms with E-state index in [1.807, 2.05) is 6.92 Å². The third-order valence-corrected chi connectivity index (χ3v) is 6.30. The highest BCUT2D eigenvalue weighted by Gasteiger charge is 2.18. The van der Waals surface area contributed by atoms with Crippen LogP contribution in [0.3, 0.4) is 0 Å². The number of hydrogen-bond acceptors (Lipinski definition) is 5. The summed E-state index contributed by atoms with van der Waals surface area (Å²) in [5.41, 5.74) is 0. The van der Waals surface area contributed by atoms with Crippen LogP contribution in [-0.4, -0.2) is 40.1 Å². The van der Waals surface area contributed by atoms with Gasteiger partial charge in [0, 0.05) is 25.1 Å². The van der Waals surface area contributed by atoms with Gasteiger partial charge in [-0.05, 0) is 38.3 Å². The average Bonchev–Trinajstić information content (AvgIpc) is 2.70. The molecule has 7 nitrogen and oxygen atoms in total. The maximum Gasteiger partial charge on any atom is 0.240 e. The van der Waals surface area contributed by atoms with Gasteiger partial charge in [0.2, 0.25) is 15.9 Å². The number of rotatable bonds is 13. The molecule has 0 fully saturated rings. The molecule has 0 spiro atoms. The highest BCUT2D eigenvalue weighted by Crippen LogP contribution is 2.32. The minimum absolute atomic E-state index is 0.0749. The van der Waals surface area contributed by atoms with Crippen molar-refractivity contribution in [2.75, 3.05) is 19.8 Å². The predicted molar refractivity (Wildman–Crippen MR) is 113 cm³/mol. The van der Waals surface area contributed by atoms with Crippen LogP contribution < -0.4 is 19.5 Å². The SMILES string of the molecule is CCCCC[C@H](C)NC(=O)CCCCCNS(=O)(=O)c1ccc2c(c1)OCCO2. The fourth-order valence-corrected chi connectivity index (χ4v) is 4.28. The van der Waals surface area contributed by atoms with E-state index in [9.17, 15) is 13.2 Å². The molecule has 0 saturated carbocycles. The number of carbonyl (C=O) groups is 1. The van der Waals surface area contributed by atoms with Crippen LogP contribution in [0.4, 0.5) is 0 Å². The quantitative estimate of drug-likeness (QED) is 0.472. The molecule has 1 aliphatic heterocycles. The number of fused-ring (bicyclic) bond motifs is 1. The summed E-state index contributed by atoms with van der Waals surface area (Å²) in [4.78, 5) is 12.1. The van der Waals surface area contributed by atoms with E-state index >= 15 is 0 Å². The molecule has 0 aliphatic carbocycles. The topological polar surface area (TPSA) is 93.7 Å². The van der Waals surface area contributed by atoms with Crippen LogP contribution in [0.1, 0.15) is 65.2 Å². The van der Waals surface area contributed by atoms with E-state index in [1.165, 1.54) is 25.0 Å². The maximum atomic E-state index is 12.4. The summed E-state index contributed by atoms with van der Waals surface area (Å²) in [6, 6.07) is 4.84. The van der Waals surface area contributed by atoms with Gasteiger partial charge in [-0.15, -0.1) is 0 Å². The number of carbonyl (C=O) groups excluding carboxylic acids is 1. The number of nitrogens with one attached hydrogen (secondary N) is 2. The first kappa shape index (κ1) is 23.5. The second-order valence-electron chi connectivity index (χ2n) is 7.48.